The smallest absolute Gasteiger partial charge is 0.224 e. The van der Waals surface area contributed by atoms with Crippen LogP contribution in [0, 0.1) is 13.8 Å². The number of nitrogens with zero attached hydrogens (tertiary/aromatic N) is 1. The van der Waals surface area contributed by atoms with Gasteiger partial charge in [-0.3, -0.25) is 4.79 Å². The normalized spacial score (nSPS) is 13.9. The fourth-order valence-corrected chi connectivity index (χ4v) is 3.20. The van der Waals surface area contributed by atoms with Gasteiger partial charge in [-0.15, -0.1) is 0 Å². The third-order valence-corrected chi connectivity index (χ3v) is 4.52. The molecule has 0 radical (unpaired) electrons. The van der Waals surface area contributed by atoms with Crippen molar-refractivity contribution in [2.75, 3.05) is 7.11 Å². The van der Waals surface area contributed by atoms with Crippen molar-refractivity contribution < 1.29 is 9.53 Å². The molecule has 2 aromatic rings. The van der Waals surface area contributed by atoms with Crippen LogP contribution in [0.5, 0.6) is 5.75 Å². The van der Waals surface area contributed by atoms with Gasteiger partial charge in [0.15, 0.2) is 0 Å². The van der Waals surface area contributed by atoms with E-state index in [4.69, 9.17) is 4.74 Å². The van der Waals surface area contributed by atoms with Crippen LogP contribution in [-0.2, 0) is 17.8 Å². The number of benzene rings is 1. The fourth-order valence-electron chi connectivity index (χ4n) is 3.20. The van der Waals surface area contributed by atoms with E-state index in [9.17, 15) is 4.79 Å². The molecule has 1 aromatic carbocycles. The number of ether oxygens (including phenoxy) is 1. The van der Waals surface area contributed by atoms with Gasteiger partial charge in [-0.25, -0.2) is 0 Å². The van der Waals surface area contributed by atoms with Crippen molar-refractivity contribution >= 4 is 5.91 Å². The number of hydrogen-bond donors (Lipinski definition) is 1. The van der Waals surface area contributed by atoms with Crippen LogP contribution < -0.4 is 10.1 Å². The maximum Gasteiger partial charge on any atom is 0.224 e. The summed E-state index contributed by atoms with van der Waals surface area (Å²) >= 11 is 0. The molecule has 0 bridgehead atoms. The minimum atomic E-state index is 0.0192. The standard InChI is InChI=1S/C19H24N2O2/c1-13-10-16(14(2)21(13)17-8-9-17)12-20-19(22)11-15-6-4-5-7-18(15)23-3/h4-7,10,17H,8-9,11-12H2,1-3H3,(H,20,22). The average Bonchev–Trinajstić information content (AvgIpc) is 3.32. The van der Waals surface area contributed by atoms with E-state index in [1.165, 1.54) is 29.8 Å². The molecular formula is C19H24N2O2. The Balaban J connectivity index is 1.62. The maximum absolute atomic E-state index is 12.2. The first-order valence-electron chi connectivity index (χ1n) is 8.16. The van der Waals surface area contributed by atoms with Crippen molar-refractivity contribution in [1.29, 1.82) is 0 Å². The molecule has 122 valence electrons. The number of hydrogen-bond acceptors (Lipinski definition) is 2. The topological polar surface area (TPSA) is 43.3 Å². The molecule has 1 saturated carbocycles. The summed E-state index contributed by atoms with van der Waals surface area (Å²) < 4.78 is 7.70. The van der Waals surface area contributed by atoms with E-state index >= 15 is 0 Å². The monoisotopic (exact) mass is 312 g/mol. The van der Waals surface area contributed by atoms with Crippen LogP contribution in [-0.4, -0.2) is 17.6 Å². The van der Waals surface area contributed by atoms with Crippen molar-refractivity contribution in [3.63, 3.8) is 0 Å². The van der Waals surface area contributed by atoms with Gasteiger partial charge in [0.05, 0.1) is 13.5 Å². The van der Waals surface area contributed by atoms with Gasteiger partial charge in [0.2, 0.25) is 5.91 Å². The summed E-state index contributed by atoms with van der Waals surface area (Å²) in [7, 11) is 1.63. The molecule has 3 rings (SSSR count). The van der Waals surface area contributed by atoms with Crippen LogP contribution in [0.15, 0.2) is 30.3 Å². The van der Waals surface area contributed by atoms with Crippen LogP contribution in [0.1, 0.15) is 41.4 Å². The number of methoxy groups -OCH3 is 1. The Labute approximate surface area is 137 Å². The fraction of sp³-hybridized carbons (Fsp3) is 0.421. The molecular weight excluding hydrogens is 288 g/mol. The minimum Gasteiger partial charge on any atom is -0.496 e. The van der Waals surface area contributed by atoms with Crippen LogP contribution >= 0.6 is 0 Å². The lowest BCUT2D eigenvalue weighted by Crippen LogP contribution is -2.25. The highest BCUT2D eigenvalue weighted by molar-refractivity contribution is 5.79. The number of aromatic nitrogens is 1. The number of aryl methyl sites for hydroxylation is 1. The largest absolute Gasteiger partial charge is 0.496 e. The van der Waals surface area contributed by atoms with E-state index in [2.05, 4.69) is 29.8 Å². The van der Waals surface area contributed by atoms with Gasteiger partial charge < -0.3 is 14.6 Å². The summed E-state index contributed by atoms with van der Waals surface area (Å²) in [5.74, 6) is 0.778. The number of nitrogens with one attached hydrogen (secondary N) is 1. The molecule has 4 nitrogen and oxygen atoms in total. The van der Waals surface area contributed by atoms with E-state index in [-0.39, 0.29) is 5.91 Å². The quantitative estimate of drug-likeness (QED) is 0.889. The van der Waals surface area contributed by atoms with E-state index in [0.29, 0.717) is 19.0 Å². The predicted octanol–water partition coefficient (Wildman–Crippen LogP) is 3.31. The summed E-state index contributed by atoms with van der Waals surface area (Å²) in [6, 6.07) is 10.5. The minimum absolute atomic E-state index is 0.0192. The molecule has 0 atom stereocenters. The van der Waals surface area contributed by atoms with Crippen LogP contribution in [0.3, 0.4) is 0 Å². The maximum atomic E-state index is 12.2. The summed E-state index contributed by atoms with van der Waals surface area (Å²) in [4.78, 5) is 12.2. The molecule has 1 heterocycles. The second-order valence-electron chi connectivity index (χ2n) is 6.26. The van der Waals surface area contributed by atoms with Crippen molar-refractivity contribution in [2.45, 2.75) is 45.7 Å². The molecule has 0 aliphatic heterocycles. The van der Waals surface area contributed by atoms with Gasteiger partial charge in [-0.05, 0) is 44.4 Å². The zero-order valence-corrected chi connectivity index (χ0v) is 14.1. The van der Waals surface area contributed by atoms with Crippen molar-refractivity contribution in [3.05, 3.63) is 52.8 Å². The van der Waals surface area contributed by atoms with Crippen LogP contribution in [0.2, 0.25) is 0 Å². The average molecular weight is 312 g/mol. The Morgan fingerprint density at radius 1 is 1.26 bits per heavy atom. The Kier molecular flexibility index (Phi) is 4.42. The highest BCUT2D eigenvalue weighted by Gasteiger charge is 2.26. The third kappa shape index (κ3) is 3.41. The van der Waals surface area contributed by atoms with E-state index < -0.39 is 0 Å². The highest BCUT2D eigenvalue weighted by atomic mass is 16.5. The van der Waals surface area contributed by atoms with Crippen molar-refractivity contribution in [1.82, 2.24) is 9.88 Å². The van der Waals surface area contributed by atoms with E-state index in [1.807, 2.05) is 24.3 Å². The molecule has 0 unspecified atom stereocenters. The lowest BCUT2D eigenvalue weighted by atomic mass is 10.1. The second kappa shape index (κ2) is 6.49. The molecule has 1 N–H and O–H groups in total. The van der Waals surface area contributed by atoms with E-state index in [1.54, 1.807) is 7.11 Å². The van der Waals surface area contributed by atoms with Gasteiger partial charge in [0, 0.05) is 29.5 Å². The summed E-state index contributed by atoms with van der Waals surface area (Å²) in [5, 5.41) is 3.03. The Hall–Kier alpha value is -2.23. The molecule has 1 fully saturated rings. The number of amides is 1. The van der Waals surface area contributed by atoms with Gasteiger partial charge >= 0.3 is 0 Å². The Morgan fingerprint density at radius 2 is 2.00 bits per heavy atom. The molecule has 1 aliphatic rings. The van der Waals surface area contributed by atoms with Crippen LogP contribution in [0.4, 0.5) is 0 Å². The molecule has 0 saturated heterocycles. The molecule has 0 spiro atoms. The third-order valence-electron chi connectivity index (χ3n) is 4.52. The zero-order chi connectivity index (χ0) is 16.4. The molecule has 1 aromatic heterocycles. The highest BCUT2D eigenvalue weighted by Crippen LogP contribution is 2.38. The number of carbonyl (C=O) groups is 1. The van der Waals surface area contributed by atoms with Crippen molar-refractivity contribution in [2.24, 2.45) is 0 Å². The lowest BCUT2D eigenvalue weighted by molar-refractivity contribution is -0.120. The van der Waals surface area contributed by atoms with Crippen LogP contribution in [0.25, 0.3) is 0 Å². The zero-order valence-electron chi connectivity index (χ0n) is 14.1. The number of rotatable bonds is 6. The summed E-state index contributed by atoms with van der Waals surface area (Å²) in [5.41, 5.74) is 4.69. The van der Waals surface area contributed by atoms with Gasteiger partial charge in [-0.1, -0.05) is 18.2 Å². The first kappa shape index (κ1) is 15.7. The van der Waals surface area contributed by atoms with E-state index in [0.717, 1.165) is 11.3 Å². The Morgan fingerprint density at radius 3 is 2.70 bits per heavy atom. The molecule has 23 heavy (non-hydrogen) atoms. The first-order valence-corrected chi connectivity index (χ1v) is 8.16. The Bertz CT molecular complexity index is 714. The lowest BCUT2D eigenvalue weighted by Gasteiger charge is -2.10. The van der Waals surface area contributed by atoms with Gasteiger partial charge in [-0.2, -0.15) is 0 Å². The molecule has 1 aliphatic carbocycles. The number of para-hydroxylation sites is 1. The molecule has 1 amide bonds. The second-order valence-corrected chi connectivity index (χ2v) is 6.26. The van der Waals surface area contributed by atoms with Gasteiger partial charge in [0.25, 0.3) is 0 Å². The summed E-state index contributed by atoms with van der Waals surface area (Å²) in [6.07, 6.45) is 2.89. The first-order chi connectivity index (χ1) is 11.1. The summed E-state index contributed by atoms with van der Waals surface area (Å²) in [6.45, 7) is 4.87. The molecule has 4 heteroatoms. The van der Waals surface area contributed by atoms with Crippen molar-refractivity contribution in [3.8, 4) is 5.75 Å². The SMILES string of the molecule is COc1ccccc1CC(=O)NCc1cc(C)n(C2CC2)c1C. The number of carbonyl (C=O) groups excluding carboxylic acids is 1. The van der Waals surface area contributed by atoms with Gasteiger partial charge in [0.1, 0.15) is 5.75 Å². The predicted molar refractivity (Wildman–Crippen MR) is 90.7 cm³/mol.